The number of ether oxygens (including phenoxy) is 1. The van der Waals surface area contributed by atoms with Crippen LogP contribution in [0, 0.1) is 69.0 Å². The molecule has 0 aromatic rings. The number of allylic oxidation sites excluding steroid dienone is 2. The summed E-state index contributed by atoms with van der Waals surface area (Å²) < 4.78 is 5.71. The SMILES string of the molecule is C#CCOC(=O)[C@]12CC[C@@H](C)[C@H](C)[C@H]1C1=CC[C@@H]3[C@@]4(C)CC[C@H](O)C(C)(C)[C@@H]4CC[C@@]3(C)[C@]1(C)CC2. The Kier molecular flexibility index (Phi) is 6.12. The van der Waals surface area contributed by atoms with Gasteiger partial charge >= 0.3 is 5.97 Å². The fourth-order valence-electron chi connectivity index (χ4n) is 11.1. The molecule has 0 spiro atoms. The highest BCUT2D eigenvalue weighted by Crippen LogP contribution is 2.75. The van der Waals surface area contributed by atoms with E-state index in [2.05, 4.69) is 60.5 Å². The van der Waals surface area contributed by atoms with Crippen LogP contribution in [0.2, 0.25) is 0 Å². The third kappa shape index (κ3) is 3.18. The Bertz CT molecular complexity index is 987. The lowest BCUT2D eigenvalue weighted by Gasteiger charge is -2.71. The summed E-state index contributed by atoms with van der Waals surface area (Å²) in [7, 11) is 0. The van der Waals surface area contributed by atoms with E-state index in [1.54, 1.807) is 5.57 Å². The van der Waals surface area contributed by atoms with E-state index in [0.29, 0.717) is 23.7 Å². The molecular weight excluding hydrogens is 444 g/mol. The van der Waals surface area contributed by atoms with E-state index in [1.807, 2.05) is 0 Å². The molecule has 0 bridgehead atoms. The van der Waals surface area contributed by atoms with E-state index in [4.69, 9.17) is 11.2 Å². The minimum Gasteiger partial charge on any atom is -0.452 e. The Morgan fingerprint density at radius 3 is 2.44 bits per heavy atom. The molecule has 1 N–H and O–H groups in total. The Morgan fingerprint density at radius 2 is 1.75 bits per heavy atom. The average molecular weight is 495 g/mol. The van der Waals surface area contributed by atoms with Crippen molar-refractivity contribution in [3.8, 4) is 12.3 Å². The lowest BCUT2D eigenvalue weighted by molar-refractivity contribution is -0.207. The first-order valence-electron chi connectivity index (χ1n) is 14.8. The first-order valence-corrected chi connectivity index (χ1v) is 14.8. The smallest absolute Gasteiger partial charge is 0.313 e. The van der Waals surface area contributed by atoms with Gasteiger partial charge < -0.3 is 9.84 Å². The molecule has 0 radical (unpaired) electrons. The first-order chi connectivity index (χ1) is 16.8. The van der Waals surface area contributed by atoms with Crippen molar-refractivity contribution in [3.63, 3.8) is 0 Å². The Morgan fingerprint density at radius 1 is 1.03 bits per heavy atom. The standard InChI is InChI=1S/C33H50O3/c1-9-20-36-28(35)33-17-12-21(2)22(3)27(33)23-10-11-25-30(6)15-14-26(34)29(4,5)24(30)13-16-32(25,8)31(23,7)18-19-33/h1,10,21-22,24-27,34H,11-20H2,2-8H3/t21-,22+,24+,25-,26+,27+,30+,31-,32-,33+/m1/s1. The number of hydrogen-bond donors (Lipinski definition) is 1. The Labute approximate surface area is 220 Å². The van der Waals surface area contributed by atoms with Gasteiger partial charge in [-0.1, -0.05) is 66.0 Å². The van der Waals surface area contributed by atoms with E-state index >= 15 is 0 Å². The van der Waals surface area contributed by atoms with Gasteiger partial charge in [0.05, 0.1) is 11.5 Å². The molecule has 0 saturated heterocycles. The van der Waals surface area contributed by atoms with Crippen molar-refractivity contribution in [1.82, 2.24) is 0 Å². The Hall–Kier alpha value is -1.27. The molecule has 200 valence electrons. The molecule has 36 heavy (non-hydrogen) atoms. The summed E-state index contributed by atoms with van der Waals surface area (Å²) in [5, 5.41) is 10.9. The highest BCUT2D eigenvalue weighted by molar-refractivity contribution is 5.79. The molecule has 4 fully saturated rings. The summed E-state index contributed by atoms with van der Waals surface area (Å²) in [5.74, 6) is 4.96. The van der Waals surface area contributed by atoms with E-state index in [-0.39, 0.29) is 46.3 Å². The normalized spacial score (nSPS) is 51.4. The molecule has 4 saturated carbocycles. The van der Waals surface area contributed by atoms with Crippen LogP contribution in [0.4, 0.5) is 0 Å². The van der Waals surface area contributed by atoms with Gasteiger partial charge in [-0.2, -0.15) is 0 Å². The predicted molar refractivity (Wildman–Crippen MR) is 145 cm³/mol. The van der Waals surface area contributed by atoms with Gasteiger partial charge in [-0.3, -0.25) is 4.79 Å². The number of rotatable bonds is 2. The number of aliphatic hydroxyl groups is 1. The quantitative estimate of drug-likeness (QED) is 0.251. The van der Waals surface area contributed by atoms with Gasteiger partial charge in [-0.15, -0.1) is 6.42 Å². The van der Waals surface area contributed by atoms with Gasteiger partial charge in [-0.25, -0.2) is 0 Å². The lowest BCUT2D eigenvalue weighted by Crippen LogP contribution is -2.65. The summed E-state index contributed by atoms with van der Waals surface area (Å²) in [6.07, 6.45) is 17.4. The van der Waals surface area contributed by atoms with Crippen molar-refractivity contribution in [1.29, 1.82) is 0 Å². The van der Waals surface area contributed by atoms with Gasteiger partial charge in [0, 0.05) is 0 Å². The molecule has 5 aliphatic rings. The van der Waals surface area contributed by atoms with E-state index < -0.39 is 5.41 Å². The van der Waals surface area contributed by atoms with Crippen LogP contribution in [0.25, 0.3) is 0 Å². The van der Waals surface area contributed by atoms with Crippen LogP contribution in [-0.4, -0.2) is 23.8 Å². The first kappa shape index (κ1) is 26.3. The van der Waals surface area contributed by atoms with Gasteiger partial charge in [0.15, 0.2) is 6.61 Å². The van der Waals surface area contributed by atoms with Crippen LogP contribution < -0.4 is 0 Å². The second kappa shape index (κ2) is 8.36. The highest BCUT2D eigenvalue weighted by Gasteiger charge is 2.69. The van der Waals surface area contributed by atoms with Crippen LogP contribution in [0.3, 0.4) is 0 Å². The van der Waals surface area contributed by atoms with Gasteiger partial charge in [0.25, 0.3) is 0 Å². The van der Waals surface area contributed by atoms with E-state index in [0.717, 1.165) is 44.9 Å². The van der Waals surface area contributed by atoms with Crippen molar-refractivity contribution < 1.29 is 14.6 Å². The molecule has 3 heteroatoms. The molecule has 5 aliphatic carbocycles. The molecule has 0 unspecified atom stereocenters. The number of esters is 1. The van der Waals surface area contributed by atoms with Crippen LogP contribution in [-0.2, 0) is 9.53 Å². The second-order valence-corrected chi connectivity index (χ2v) is 15.0. The van der Waals surface area contributed by atoms with E-state index in [9.17, 15) is 9.90 Å². The van der Waals surface area contributed by atoms with Crippen LogP contribution >= 0.6 is 0 Å². The summed E-state index contributed by atoms with van der Waals surface area (Å²) in [6, 6.07) is 0. The van der Waals surface area contributed by atoms with Gasteiger partial charge in [-0.05, 0) is 109 Å². The minimum atomic E-state index is -0.421. The Balaban J connectivity index is 1.59. The maximum Gasteiger partial charge on any atom is 0.313 e. The molecule has 3 nitrogen and oxygen atoms in total. The summed E-state index contributed by atoms with van der Waals surface area (Å²) in [4.78, 5) is 13.7. The van der Waals surface area contributed by atoms with Crippen LogP contribution in [0.5, 0.6) is 0 Å². The predicted octanol–water partition coefficient (Wildman–Crippen LogP) is 7.18. The van der Waals surface area contributed by atoms with Crippen molar-refractivity contribution >= 4 is 5.97 Å². The molecular formula is C33H50O3. The zero-order valence-electron chi connectivity index (χ0n) is 24.0. The summed E-state index contributed by atoms with van der Waals surface area (Å²) in [5.41, 5.74) is 1.66. The monoisotopic (exact) mass is 494 g/mol. The zero-order valence-corrected chi connectivity index (χ0v) is 24.0. The topological polar surface area (TPSA) is 46.5 Å². The highest BCUT2D eigenvalue weighted by atomic mass is 16.5. The molecule has 0 aromatic heterocycles. The van der Waals surface area contributed by atoms with E-state index in [1.165, 1.54) is 12.8 Å². The maximum absolute atomic E-state index is 13.7. The molecule has 0 aliphatic heterocycles. The summed E-state index contributed by atoms with van der Waals surface area (Å²) in [6.45, 7) is 17.2. The number of carbonyl (C=O) groups excluding carboxylic acids is 1. The average Bonchev–Trinajstić information content (AvgIpc) is 2.83. The third-order valence-corrected chi connectivity index (χ3v) is 13.7. The number of aliphatic hydroxyl groups excluding tert-OH is 1. The van der Waals surface area contributed by atoms with Crippen molar-refractivity contribution in [2.45, 2.75) is 112 Å². The van der Waals surface area contributed by atoms with Crippen molar-refractivity contribution in [3.05, 3.63) is 11.6 Å². The van der Waals surface area contributed by atoms with Gasteiger partial charge in [0.1, 0.15) is 0 Å². The second-order valence-electron chi connectivity index (χ2n) is 15.0. The fraction of sp³-hybridized carbons (Fsp3) is 0.848. The zero-order chi connectivity index (χ0) is 26.3. The number of hydrogen-bond acceptors (Lipinski definition) is 3. The number of carbonyl (C=O) groups is 1. The van der Waals surface area contributed by atoms with Crippen LogP contribution in [0.15, 0.2) is 11.6 Å². The van der Waals surface area contributed by atoms with Crippen molar-refractivity contribution in [2.75, 3.05) is 6.61 Å². The van der Waals surface area contributed by atoms with Gasteiger partial charge in [0.2, 0.25) is 0 Å². The number of fused-ring (bicyclic) bond motifs is 7. The lowest BCUT2D eigenvalue weighted by atomic mass is 9.33. The number of terminal acetylenes is 1. The molecule has 10 atom stereocenters. The van der Waals surface area contributed by atoms with Crippen molar-refractivity contribution in [2.24, 2.45) is 56.7 Å². The third-order valence-electron chi connectivity index (χ3n) is 13.7. The minimum absolute atomic E-state index is 0.0327. The molecule has 0 aromatic carbocycles. The summed E-state index contributed by atoms with van der Waals surface area (Å²) >= 11 is 0. The largest absolute Gasteiger partial charge is 0.452 e. The molecule has 5 rings (SSSR count). The van der Waals surface area contributed by atoms with Crippen LogP contribution in [0.1, 0.15) is 106 Å². The fourth-order valence-corrected chi connectivity index (χ4v) is 11.1. The molecule has 0 amide bonds. The maximum atomic E-state index is 13.7. The molecule has 0 heterocycles.